The Morgan fingerprint density at radius 3 is 1.12 bits per heavy atom. The highest BCUT2D eigenvalue weighted by Gasteiger charge is 2.31. The van der Waals surface area contributed by atoms with Gasteiger partial charge in [0.15, 0.2) is 17.5 Å². The molecule has 0 bridgehead atoms. The molecule has 6 nitrogen and oxygen atoms in total. The summed E-state index contributed by atoms with van der Waals surface area (Å²) in [6, 6.07) is 44.6. The van der Waals surface area contributed by atoms with Crippen molar-refractivity contribution in [2.24, 2.45) is 0 Å². The molecule has 10 aromatic rings. The highest BCUT2D eigenvalue weighted by atomic mass is 19.1. The van der Waals surface area contributed by atoms with E-state index >= 15 is 8.78 Å². The molecule has 0 aliphatic heterocycles. The van der Waals surface area contributed by atoms with Crippen molar-refractivity contribution in [1.29, 1.82) is 5.26 Å². The third-order valence-electron chi connectivity index (χ3n) is 11.0. The van der Waals surface area contributed by atoms with Crippen molar-refractivity contribution in [3.05, 3.63) is 173 Å². The molecule has 278 valence electrons. The van der Waals surface area contributed by atoms with Crippen molar-refractivity contribution in [2.75, 3.05) is 0 Å². The monoisotopic (exact) mass is 756 g/mol. The lowest BCUT2D eigenvalue weighted by Gasteiger charge is -2.19. The molecule has 0 radical (unpaired) electrons. The summed E-state index contributed by atoms with van der Waals surface area (Å²) in [5, 5.41) is 14.3. The molecule has 0 unspecified atom stereocenters. The van der Waals surface area contributed by atoms with Crippen LogP contribution < -0.4 is 0 Å². The van der Waals surface area contributed by atoms with Crippen LogP contribution in [-0.4, -0.2) is 24.1 Å². The lowest BCUT2D eigenvalue weighted by Crippen LogP contribution is -2.12. The van der Waals surface area contributed by atoms with Crippen molar-refractivity contribution in [3.8, 4) is 51.6 Å². The van der Waals surface area contributed by atoms with Gasteiger partial charge in [0.05, 0.1) is 22.1 Å². The number of fused-ring (bicyclic) bond motifs is 6. The van der Waals surface area contributed by atoms with Crippen LogP contribution in [0, 0.1) is 50.7 Å². The predicted molar refractivity (Wildman–Crippen MR) is 228 cm³/mol. The second-order valence-electron chi connectivity index (χ2n) is 15.0. The minimum Gasteiger partial charge on any atom is -0.278 e. The summed E-state index contributed by atoms with van der Waals surface area (Å²) >= 11 is 0. The first-order chi connectivity index (χ1) is 28.2. The van der Waals surface area contributed by atoms with E-state index in [0.717, 1.165) is 65.9 Å². The fraction of sp³-hybridized carbons (Fsp3) is 0.0800. The van der Waals surface area contributed by atoms with E-state index in [1.165, 1.54) is 0 Å². The average Bonchev–Trinajstić information content (AvgIpc) is 3.72. The van der Waals surface area contributed by atoms with Crippen LogP contribution in [0.4, 0.5) is 8.78 Å². The number of nitriles is 1. The van der Waals surface area contributed by atoms with E-state index in [1.54, 1.807) is 48.5 Å². The van der Waals surface area contributed by atoms with Crippen LogP contribution in [-0.2, 0) is 0 Å². The lowest BCUT2D eigenvalue weighted by atomic mass is 9.88. The fourth-order valence-corrected chi connectivity index (χ4v) is 8.36. The van der Waals surface area contributed by atoms with Gasteiger partial charge in [0.1, 0.15) is 11.6 Å². The first-order valence-corrected chi connectivity index (χ1v) is 19.1. The topological polar surface area (TPSA) is 72.3 Å². The maximum atomic E-state index is 17.0. The molecule has 7 aromatic carbocycles. The number of nitrogens with zero attached hydrogens (tertiary/aromatic N) is 6. The van der Waals surface area contributed by atoms with Gasteiger partial charge >= 0.3 is 0 Å². The van der Waals surface area contributed by atoms with Crippen LogP contribution in [0.2, 0.25) is 0 Å². The van der Waals surface area contributed by atoms with Gasteiger partial charge in [-0.15, -0.1) is 0 Å². The summed E-state index contributed by atoms with van der Waals surface area (Å²) in [6.07, 6.45) is 0. The number of rotatable bonds is 5. The van der Waals surface area contributed by atoms with Crippen LogP contribution in [0.1, 0.15) is 27.8 Å². The first-order valence-electron chi connectivity index (χ1n) is 19.1. The average molecular weight is 757 g/mol. The molecule has 0 spiro atoms. The van der Waals surface area contributed by atoms with Crippen LogP contribution in [0.3, 0.4) is 0 Å². The Balaban J connectivity index is 1.42. The molecule has 0 aliphatic rings. The van der Waals surface area contributed by atoms with Crippen molar-refractivity contribution < 1.29 is 8.78 Å². The second kappa shape index (κ2) is 13.3. The van der Waals surface area contributed by atoms with Gasteiger partial charge in [0.25, 0.3) is 0 Å². The Hall–Kier alpha value is -7.50. The molecule has 0 saturated heterocycles. The smallest absolute Gasteiger partial charge is 0.240 e. The molecule has 0 N–H and O–H groups in total. The second-order valence-corrected chi connectivity index (χ2v) is 15.0. The summed E-state index contributed by atoms with van der Waals surface area (Å²) < 4.78 is 38.1. The Morgan fingerprint density at radius 2 is 0.793 bits per heavy atom. The number of halogens is 2. The third-order valence-corrected chi connectivity index (χ3v) is 11.0. The molecule has 3 heterocycles. The summed E-state index contributed by atoms with van der Waals surface area (Å²) in [5.74, 6) is -1.40. The predicted octanol–water partition coefficient (Wildman–Crippen LogP) is 12.5. The molecular weight excluding hydrogens is 723 g/mol. The number of benzene rings is 7. The zero-order chi connectivity index (χ0) is 39.8. The van der Waals surface area contributed by atoms with Crippen LogP contribution in [0.15, 0.2) is 133 Å². The van der Waals surface area contributed by atoms with E-state index in [9.17, 15) is 5.26 Å². The van der Waals surface area contributed by atoms with Gasteiger partial charge in [0.2, 0.25) is 11.9 Å². The van der Waals surface area contributed by atoms with Gasteiger partial charge in [-0.1, -0.05) is 107 Å². The zero-order valence-corrected chi connectivity index (χ0v) is 32.1. The fourth-order valence-electron chi connectivity index (χ4n) is 8.36. The van der Waals surface area contributed by atoms with Crippen LogP contribution in [0.25, 0.3) is 89.2 Å². The van der Waals surface area contributed by atoms with E-state index in [0.29, 0.717) is 11.1 Å². The van der Waals surface area contributed by atoms with Crippen molar-refractivity contribution >= 4 is 43.6 Å². The normalized spacial score (nSPS) is 11.6. The molecule has 8 heteroatoms. The third kappa shape index (κ3) is 5.39. The molecule has 58 heavy (non-hydrogen) atoms. The quantitative estimate of drug-likeness (QED) is 0.175. The van der Waals surface area contributed by atoms with Gasteiger partial charge in [-0.05, 0) is 87.4 Å². The van der Waals surface area contributed by atoms with E-state index < -0.39 is 17.2 Å². The molecule has 0 aliphatic carbocycles. The maximum Gasteiger partial charge on any atom is 0.240 e. The largest absolute Gasteiger partial charge is 0.278 e. The maximum absolute atomic E-state index is 17.0. The Labute approximate surface area is 332 Å². The van der Waals surface area contributed by atoms with Gasteiger partial charge < -0.3 is 0 Å². The Kier molecular flexibility index (Phi) is 8.03. The van der Waals surface area contributed by atoms with Gasteiger partial charge in [-0.25, -0.2) is 8.78 Å². The number of aromatic nitrogens is 5. The molecule has 0 fully saturated rings. The molecule has 0 saturated carbocycles. The summed E-state index contributed by atoms with van der Waals surface area (Å²) in [4.78, 5) is 15.7. The number of hydrogen-bond acceptors (Lipinski definition) is 4. The highest BCUT2D eigenvalue weighted by molar-refractivity contribution is 6.11. The lowest BCUT2D eigenvalue weighted by molar-refractivity contribution is 0.582. The van der Waals surface area contributed by atoms with Crippen LogP contribution in [0.5, 0.6) is 0 Å². The zero-order valence-electron chi connectivity index (χ0n) is 32.1. The van der Waals surface area contributed by atoms with Gasteiger partial charge in [0, 0.05) is 38.2 Å². The standard InChI is InChI=1S/C50H34F2N6/c1-28-15-19-39-34(23-28)35-24-29(2)16-20-40(35)57(39)49-54-48(55-50(56-49)58-41-21-17-30(3)25-36(41)37-26-31(4)18-22-42(37)58)45-43(32-11-7-5-8-12-32)46(51)38(27-53)47(52)44(45)33-13-9-6-10-14-33/h5-26H,1-4H3. The van der Waals surface area contributed by atoms with E-state index in [4.69, 9.17) is 15.0 Å². The van der Waals surface area contributed by atoms with Crippen LogP contribution >= 0.6 is 0 Å². The van der Waals surface area contributed by atoms with E-state index in [2.05, 4.69) is 100 Å². The molecule has 3 aromatic heterocycles. The summed E-state index contributed by atoms with van der Waals surface area (Å²) in [7, 11) is 0. The molecule has 0 amide bonds. The SMILES string of the molecule is Cc1ccc2c(c1)c1cc(C)ccc1n2-c1nc(-c2c(-c3ccccc3)c(F)c(C#N)c(F)c2-c2ccccc2)nc(-n2c3ccc(C)cc3c3cc(C)ccc32)n1. The van der Waals surface area contributed by atoms with Crippen molar-refractivity contribution in [1.82, 2.24) is 24.1 Å². The van der Waals surface area contributed by atoms with Crippen molar-refractivity contribution in [3.63, 3.8) is 0 Å². The Bertz CT molecular complexity index is 3030. The Morgan fingerprint density at radius 1 is 0.448 bits per heavy atom. The van der Waals surface area contributed by atoms with E-state index in [-0.39, 0.29) is 34.4 Å². The molecule has 10 rings (SSSR count). The summed E-state index contributed by atoms with van der Waals surface area (Å²) in [5.41, 5.74) is 8.22. The van der Waals surface area contributed by atoms with Gasteiger partial charge in [-0.2, -0.15) is 20.2 Å². The minimum absolute atomic E-state index is 0.0162. The summed E-state index contributed by atoms with van der Waals surface area (Å²) in [6.45, 7) is 8.25. The molecular formula is C50H34F2N6. The number of hydrogen-bond donors (Lipinski definition) is 0. The van der Waals surface area contributed by atoms with Crippen molar-refractivity contribution in [2.45, 2.75) is 27.7 Å². The minimum atomic E-state index is -0.991. The highest BCUT2D eigenvalue weighted by Crippen LogP contribution is 2.45. The molecule has 0 atom stereocenters. The number of aryl methyl sites for hydroxylation is 4. The van der Waals surface area contributed by atoms with Gasteiger partial charge in [-0.3, -0.25) is 9.13 Å². The first kappa shape index (κ1) is 35.0. The van der Waals surface area contributed by atoms with E-state index in [1.807, 2.05) is 27.3 Å².